The van der Waals surface area contributed by atoms with Crippen LogP contribution < -0.4 is 0 Å². The predicted octanol–water partition coefficient (Wildman–Crippen LogP) is 2.38. The molecule has 0 aromatic heterocycles. The van der Waals surface area contributed by atoms with E-state index in [2.05, 4.69) is 22.4 Å². The second kappa shape index (κ2) is 5.05. The van der Waals surface area contributed by atoms with Crippen molar-refractivity contribution in [1.29, 1.82) is 0 Å². The van der Waals surface area contributed by atoms with Crippen molar-refractivity contribution < 1.29 is 0 Å². The molecule has 0 saturated heterocycles. The molecule has 46 valence electrons. The topological polar surface area (TPSA) is 0 Å². The van der Waals surface area contributed by atoms with E-state index in [9.17, 15) is 0 Å². The van der Waals surface area contributed by atoms with Crippen molar-refractivity contribution in [2.45, 2.75) is 18.5 Å². The molecule has 1 unspecified atom stereocenters. The third-order valence-corrected chi connectivity index (χ3v) is 1.48. The van der Waals surface area contributed by atoms with E-state index >= 15 is 0 Å². The van der Waals surface area contributed by atoms with E-state index in [0.717, 1.165) is 12.8 Å². The van der Waals surface area contributed by atoms with Crippen LogP contribution in [0.15, 0.2) is 25.3 Å². The smallest absolute Gasteiger partial charge is 0.0195 e. The lowest BCUT2D eigenvalue weighted by atomic mass is 10.2. The van der Waals surface area contributed by atoms with Crippen LogP contribution in [0.25, 0.3) is 0 Å². The summed E-state index contributed by atoms with van der Waals surface area (Å²) >= 11 is 0. The van der Waals surface area contributed by atoms with E-state index in [1.807, 2.05) is 12.2 Å². The number of allylic oxidation sites excluding steroid dienone is 2. The molecule has 0 rings (SSSR count). The first-order chi connectivity index (χ1) is 3.81. The van der Waals surface area contributed by atoms with Gasteiger partial charge < -0.3 is 0 Å². The van der Waals surface area contributed by atoms with Crippen LogP contribution in [0, 0.1) is 0 Å². The van der Waals surface area contributed by atoms with Gasteiger partial charge in [0.2, 0.25) is 0 Å². The summed E-state index contributed by atoms with van der Waals surface area (Å²) in [5, 5.41) is 0. The molecule has 0 nitrogen and oxygen atoms in total. The van der Waals surface area contributed by atoms with Gasteiger partial charge in [-0.15, -0.1) is 22.4 Å². The normalized spacial score (nSPS) is 9.25. The quantitative estimate of drug-likeness (QED) is 0.403. The average molecular weight is 128 g/mol. The van der Waals surface area contributed by atoms with Crippen LogP contribution >= 0.6 is 9.24 Å². The molecular formula is C7H13P. The summed E-state index contributed by atoms with van der Waals surface area (Å²) in [5.74, 6) is 0. The molecular weight excluding hydrogens is 115 g/mol. The van der Waals surface area contributed by atoms with Gasteiger partial charge in [-0.2, -0.15) is 0 Å². The van der Waals surface area contributed by atoms with E-state index in [0.29, 0.717) is 5.66 Å². The van der Waals surface area contributed by atoms with Gasteiger partial charge in [0.25, 0.3) is 0 Å². The standard InChI is InChI=1S/C7H13P/c1-3-5-7(8)6-4-2/h3-4,7H,1-2,5-6,8H2. The van der Waals surface area contributed by atoms with Crippen LogP contribution in [0.5, 0.6) is 0 Å². The van der Waals surface area contributed by atoms with Gasteiger partial charge in [-0.05, 0) is 18.5 Å². The van der Waals surface area contributed by atoms with Gasteiger partial charge in [0.1, 0.15) is 0 Å². The Morgan fingerprint density at radius 1 is 1.25 bits per heavy atom. The highest BCUT2D eigenvalue weighted by Gasteiger charge is 1.92. The summed E-state index contributed by atoms with van der Waals surface area (Å²) in [7, 11) is 2.76. The monoisotopic (exact) mass is 128 g/mol. The highest BCUT2D eigenvalue weighted by molar-refractivity contribution is 7.17. The van der Waals surface area contributed by atoms with Crippen molar-refractivity contribution in [2.24, 2.45) is 0 Å². The Morgan fingerprint density at radius 2 is 1.62 bits per heavy atom. The van der Waals surface area contributed by atoms with E-state index in [1.54, 1.807) is 0 Å². The molecule has 0 heterocycles. The van der Waals surface area contributed by atoms with Crippen LogP contribution in [0.3, 0.4) is 0 Å². The molecule has 1 atom stereocenters. The zero-order chi connectivity index (χ0) is 6.41. The Labute approximate surface area is 53.9 Å². The fourth-order valence-electron chi connectivity index (χ4n) is 0.524. The first-order valence-corrected chi connectivity index (χ1v) is 3.45. The van der Waals surface area contributed by atoms with Crippen molar-refractivity contribution in [3.05, 3.63) is 25.3 Å². The lowest BCUT2D eigenvalue weighted by Crippen LogP contribution is -1.90. The predicted molar refractivity (Wildman–Crippen MR) is 43.1 cm³/mol. The summed E-state index contributed by atoms with van der Waals surface area (Å²) in [6, 6.07) is 0. The lowest BCUT2D eigenvalue weighted by Gasteiger charge is -2.01. The minimum absolute atomic E-state index is 0.644. The molecule has 0 aromatic carbocycles. The Kier molecular flexibility index (Phi) is 5.00. The number of rotatable bonds is 4. The van der Waals surface area contributed by atoms with Gasteiger partial charge in [0.05, 0.1) is 0 Å². The molecule has 0 saturated carbocycles. The maximum atomic E-state index is 3.64. The van der Waals surface area contributed by atoms with Crippen LogP contribution in [0.4, 0.5) is 0 Å². The fraction of sp³-hybridized carbons (Fsp3) is 0.429. The van der Waals surface area contributed by atoms with Crippen LogP contribution in [-0.4, -0.2) is 5.66 Å². The molecule has 0 aliphatic carbocycles. The Bertz CT molecular complexity index is 66.5. The number of hydrogen-bond donors (Lipinski definition) is 0. The van der Waals surface area contributed by atoms with E-state index < -0.39 is 0 Å². The van der Waals surface area contributed by atoms with Crippen LogP contribution in [0.1, 0.15) is 12.8 Å². The van der Waals surface area contributed by atoms with E-state index in [1.165, 1.54) is 0 Å². The van der Waals surface area contributed by atoms with Crippen molar-refractivity contribution in [3.63, 3.8) is 0 Å². The second-order valence-corrected chi connectivity index (χ2v) is 2.75. The van der Waals surface area contributed by atoms with E-state index in [-0.39, 0.29) is 0 Å². The summed E-state index contributed by atoms with van der Waals surface area (Å²) in [4.78, 5) is 0. The average Bonchev–Trinajstić information content (AvgIpc) is 1.68. The Balaban J connectivity index is 3.16. The molecule has 0 aliphatic heterocycles. The summed E-state index contributed by atoms with van der Waals surface area (Å²) in [6.07, 6.45) is 6.00. The van der Waals surface area contributed by atoms with Crippen LogP contribution in [-0.2, 0) is 0 Å². The molecule has 0 aliphatic rings. The maximum Gasteiger partial charge on any atom is -0.0195 e. The molecule has 0 radical (unpaired) electrons. The zero-order valence-electron chi connectivity index (χ0n) is 5.14. The largest absolute Gasteiger partial charge is 0.134 e. The number of hydrogen-bond acceptors (Lipinski definition) is 0. The highest BCUT2D eigenvalue weighted by Crippen LogP contribution is 2.09. The fourth-order valence-corrected chi connectivity index (χ4v) is 0.909. The zero-order valence-corrected chi connectivity index (χ0v) is 6.29. The Hall–Kier alpha value is -0.0900. The van der Waals surface area contributed by atoms with Gasteiger partial charge >= 0.3 is 0 Å². The SMILES string of the molecule is C=CCC(P)CC=C. The molecule has 1 heteroatoms. The van der Waals surface area contributed by atoms with Gasteiger partial charge in [-0.25, -0.2) is 0 Å². The van der Waals surface area contributed by atoms with Crippen LogP contribution in [0.2, 0.25) is 0 Å². The van der Waals surface area contributed by atoms with Gasteiger partial charge in [-0.1, -0.05) is 12.2 Å². The molecule has 0 amide bonds. The maximum absolute atomic E-state index is 3.64. The second-order valence-electron chi connectivity index (χ2n) is 1.81. The van der Waals surface area contributed by atoms with Gasteiger partial charge in [0.15, 0.2) is 0 Å². The molecule has 0 bridgehead atoms. The van der Waals surface area contributed by atoms with Gasteiger partial charge in [-0.3, -0.25) is 0 Å². The first-order valence-electron chi connectivity index (χ1n) is 2.78. The highest BCUT2D eigenvalue weighted by atomic mass is 31.0. The third-order valence-electron chi connectivity index (χ3n) is 0.939. The molecule has 0 aromatic rings. The minimum Gasteiger partial charge on any atom is -0.134 e. The minimum atomic E-state index is 0.644. The van der Waals surface area contributed by atoms with E-state index in [4.69, 9.17) is 0 Å². The Morgan fingerprint density at radius 3 is 1.88 bits per heavy atom. The third kappa shape index (κ3) is 4.08. The molecule has 0 spiro atoms. The van der Waals surface area contributed by atoms with Crippen molar-refractivity contribution in [3.8, 4) is 0 Å². The summed E-state index contributed by atoms with van der Waals surface area (Å²) in [5.41, 5.74) is 0.644. The van der Waals surface area contributed by atoms with Crippen molar-refractivity contribution in [2.75, 3.05) is 0 Å². The molecule has 8 heavy (non-hydrogen) atoms. The lowest BCUT2D eigenvalue weighted by molar-refractivity contribution is 0.895. The molecule has 0 N–H and O–H groups in total. The summed E-state index contributed by atoms with van der Waals surface area (Å²) in [6.45, 7) is 7.27. The molecule has 0 fully saturated rings. The summed E-state index contributed by atoms with van der Waals surface area (Å²) < 4.78 is 0. The first kappa shape index (κ1) is 7.91. The van der Waals surface area contributed by atoms with Crippen molar-refractivity contribution >= 4 is 9.24 Å². The van der Waals surface area contributed by atoms with Crippen molar-refractivity contribution in [1.82, 2.24) is 0 Å². The van der Waals surface area contributed by atoms with Gasteiger partial charge in [0, 0.05) is 0 Å².